The van der Waals surface area contributed by atoms with Crippen molar-refractivity contribution >= 4 is 17.4 Å². The fraction of sp³-hybridized carbons (Fsp3) is 0.235. The van der Waals surface area contributed by atoms with Crippen molar-refractivity contribution in [2.75, 3.05) is 32.3 Å². The molecule has 0 bridgehead atoms. The molecule has 4 heterocycles. The van der Waals surface area contributed by atoms with Gasteiger partial charge in [0.25, 0.3) is 5.88 Å². The summed E-state index contributed by atoms with van der Waals surface area (Å²) in [4.78, 5) is 22.1. The maximum atomic E-state index is 11.8. The highest BCUT2D eigenvalue weighted by atomic mass is 16.6. The molecule has 128 valence electrons. The third kappa shape index (κ3) is 2.51. The van der Waals surface area contributed by atoms with Crippen molar-refractivity contribution in [3.8, 4) is 22.9 Å². The van der Waals surface area contributed by atoms with Gasteiger partial charge in [-0.15, -0.1) is 0 Å². The van der Waals surface area contributed by atoms with Crippen molar-refractivity contribution in [2.24, 2.45) is 0 Å². The van der Waals surface area contributed by atoms with Crippen LogP contribution in [0, 0.1) is 0 Å². The van der Waals surface area contributed by atoms with E-state index in [1.54, 1.807) is 31.5 Å². The Morgan fingerprint density at radius 2 is 2.04 bits per heavy atom. The van der Waals surface area contributed by atoms with Crippen LogP contribution in [0.1, 0.15) is 0 Å². The van der Waals surface area contributed by atoms with E-state index < -0.39 is 0 Å². The van der Waals surface area contributed by atoms with Crippen LogP contribution in [0.3, 0.4) is 0 Å². The molecule has 0 radical (unpaired) electrons. The molecular formula is C17H16N4O4. The molecule has 8 nitrogen and oxygen atoms in total. The number of ether oxygens (including phenoxy) is 3. The number of hydrogen-bond acceptors (Lipinski definition) is 6. The van der Waals surface area contributed by atoms with Crippen LogP contribution < -0.4 is 14.4 Å². The van der Waals surface area contributed by atoms with E-state index in [0.717, 1.165) is 22.6 Å². The van der Waals surface area contributed by atoms with Crippen LogP contribution in [0.4, 0.5) is 10.5 Å². The average Bonchev–Trinajstić information content (AvgIpc) is 3.26. The minimum absolute atomic E-state index is 0.339. The van der Waals surface area contributed by atoms with Gasteiger partial charge in [0.2, 0.25) is 0 Å². The number of methoxy groups -OCH3 is 2. The summed E-state index contributed by atoms with van der Waals surface area (Å²) >= 11 is 0. The van der Waals surface area contributed by atoms with Gasteiger partial charge in [-0.3, -0.25) is 9.30 Å². The molecule has 3 aromatic heterocycles. The number of amides is 1. The van der Waals surface area contributed by atoms with Gasteiger partial charge in [-0.2, -0.15) is 0 Å². The van der Waals surface area contributed by atoms with Gasteiger partial charge in [-0.1, -0.05) is 0 Å². The molecule has 1 aliphatic rings. The highest BCUT2D eigenvalue weighted by Gasteiger charge is 2.24. The van der Waals surface area contributed by atoms with Crippen molar-refractivity contribution < 1.29 is 19.0 Å². The zero-order valence-electron chi connectivity index (χ0n) is 13.8. The summed E-state index contributed by atoms with van der Waals surface area (Å²) in [6.45, 7) is 0.930. The Balaban J connectivity index is 1.81. The minimum Gasteiger partial charge on any atom is -0.491 e. The second-order valence-corrected chi connectivity index (χ2v) is 5.46. The molecule has 4 rings (SSSR count). The summed E-state index contributed by atoms with van der Waals surface area (Å²) < 4.78 is 17.4. The highest BCUT2D eigenvalue weighted by molar-refractivity contribution is 5.89. The van der Waals surface area contributed by atoms with Crippen LogP contribution in [-0.4, -0.2) is 47.8 Å². The zero-order chi connectivity index (χ0) is 17.4. The number of cyclic esters (lactones) is 1. The van der Waals surface area contributed by atoms with E-state index in [0.29, 0.717) is 24.8 Å². The number of carbonyl (C=O) groups excluding carboxylic acids is 1. The number of nitrogens with zero attached hydrogens (tertiary/aromatic N) is 4. The number of carbonyl (C=O) groups is 1. The normalized spacial score (nSPS) is 14.0. The number of pyridine rings is 2. The summed E-state index contributed by atoms with van der Waals surface area (Å²) in [6.07, 6.45) is 4.97. The molecule has 1 amide bonds. The van der Waals surface area contributed by atoms with Gasteiger partial charge in [0, 0.05) is 18.0 Å². The van der Waals surface area contributed by atoms with Gasteiger partial charge in [-0.05, 0) is 18.2 Å². The maximum absolute atomic E-state index is 11.8. The second-order valence-electron chi connectivity index (χ2n) is 5.46. The molecule has 1 fully saturated rings. The summed E-state index contributed by atoms with van der Waals surface area (Å²) in [7, 11) is 3.11. The van der Waals surface area contributed by atoms with Gasteiger partial charge < -0.3 is 14.2 Å². The first-order chi connectivity index (χ1) is 12.2. The topological polar surface area (TPSA) is 78.2 Å². The molecule has 0 spiro atoms. The fourth-order valence-electron chi connectivity index (χ4n) is 2.84. The lowest BCUT2D eigenvalue weighted by molar-refractivity contribution is 0.181. The Bertz CT molecular complexity index is 953. The first kappa shape index (κ1) is 15.3. The molecule has 25 heavy (non-hydrogen) atoms. The van der Waals surface area contributed by atoms with Crippen LogP contribution in [0.25, 0.3) is 16.9 Å². The number of anilines is 1. The van der Waals surface area contributed by atoms with E-state index in [9.17, 15) is 4.79 Å². The average molecular weight is 340 g/mol. The minimum atomic E-state index is -0.339. The number of rotatable bonds is 4. The summed E-state index contributed by atoms with van der Waals surface area (Å²) in [6, 6.07) is 5.55. The van der Waals surface area contributed by atoms with E-state index in [2.05, 4.69) is 9.97 Å². The molecule has 0 aromatic carbocycles. The maximum Gasteiger partial charge on any atom is 0.414 e. The van der Waals surface area contributed by atoms with Crippen molar-refractivity contribution in [1.29, 1.82) is 0 Å². The zero-order valence-corrected chi connectivity index (χ0v) is 13.8. The van der Waals surface area contributed by atoms with E-state index in [-0.39, 0.29) is 6.09 Å². The largest absolute Gasteiger partial charge is 0.491 e. The Kier molecular flexibility index (Phi) is 3.64. The van der Waals surface area contributed by atoms with Crippen LogP contribution in [0.2, 0.25) is 0 Å². The van der Waals surface area contributed by atoms with Crippen LogP contribution in [0.5, 0.6) is 11.6 Å². The Hall–Kier alpha value is -3.29. The van der Waals surface area contributed by atoms with Gasteiger partial charge in [-0.25, -0.2) is 14.8 Å². The molecule has 1 aliphatic heterocycles. The van der Waals surface area contributed by atoms with Crippen molar-refractivity contribution in [3.05, 3.63) is 36.8 Å². The van der Waals surface area contributed by atoms with Gasteiger partial charge in [0.1, 0.15) is 12.3 Å². The number of aromatic nitrogens is 3. The smallest absolute Gasteiger partial charge is 0.414 e. The Labute approximate surface area is 143 Å². The van der Waals surface area contributed by atoms with Gasteiger partial charge in [0.15, 0.2) is 5.75 Å². The molecule has 0 aliphatic carbocycles. The molecule has 0 unspecified atom stereocenters. The van der Waals surface area contributed by atoms with Crippen molar-refractivity contribution in [1.82, 2.24) is 14.4 Å². The molecule has 0 N–H and O–H groups in total. The van der Waals surface area contributed by atoms with E-state index >= 15 is 0 Å². The summed E-state index contributed by atoms with van der Waals surface area (Å²) in [5, 5.41) is 0. The molecule has 8 heteroatoms. The third-order valence-electron chi connectivity index (χ3n) is 4.09. The Morgan fingerprint density at radius 1 is 1.16 bits per heavy atom. The molecular weight excluding hydrogens is 324 g/mol. The highest BCUT2D eigenvalue weighted by Crippen LogP contribution is 2.31. The predicted octanol–water partition coefficient (Wildman–Crippen LogP) is 2.37. The van der Waals surface area contributed by atoms with E-state index in [1.807, 2.05) is 28.8 Å². The quantitative estimate of drug-likeness (QED) is 0.725. The second kappa shape index (κ2) is 5.97. The lowest BCUT2D eigenvalue weighted by Gasteiger charge is -2.13. The molecule has 3 aromatic rings. The predicted molar refractivity (Wildman–Crippen MR) is 90.2 cm³/mol. The number of imidazole rings is 1. The standard InChI is InChI=1S/C17H16N4O4/c1-23-14-7-11(8-19-16(14)24-2)13-9-18-15-4-3-12(10-21(13)15)20-5-6-25-17(20)22/h3-4,7-10H,5-6H2,1-2H3. The van der Waals surface area contributed by atoms with Gasteiger partial charge in [0.05, 0.1) is 38.3 Å². The lowest BCUT2D eigenvalue weighted by atomic mass is 10.2. The monoisotopic (exact) mass is 340 g/mol. The first-order valence-corrected chi connectivity index (χ1v) is 7.71. The fourth-order valence-corrected chi connectivity index (χ4v) is 2.84. The Morgan fingerprint density at radius 3 is 2.76 bits per heavy atom. The van der Waals surface area contributed by atoms with Crippen molar-refractivity contribution in [3.63, 3.8) is 0 Å². The first-order valence-electron chi connectivity index (χ1n) is 7.71. The summed E-state index contributed by atoms with van der Waals surface area (Å²) in [5.41, 5.74) is 3.17. The van der Waals surface area contributed by atoms with Gasteiger partial charge >= 0.3 is 6.09 Å². The molecule has 0 atom stereocenters. The van der Waals surface area contributed by atoms with Crippen molar-refractivity contribution in [2.45, 2.75) is 0 Å². The summed E-state index contributed by atoms with van der Waals surface area (Å²) in [5.74, 6) is 0.954. The lowest BCUT2D eigenvalue weighted by Crippen LogP contribution is -2.23. The molecule has 1 saturated heterocycles. The number of fused-ring (bicyclic) bond motifs is 1. The van der Waals surface area contributed by atoms with Crippen LogP contribution in [-0.2, 0) is 4.74 Å². The SMILES string of the molecule is COc1cc(-c2cnc3ccc(N4CCOC4=O)cn23)cnc1OC. The third-order valence-corrected chi connectivity index (χ3v) is 4.09. The number of hydrogen-bond donors (Lipinski definition) is 0. The molecule has 0 saturated carbocycles. The van der Waals surface area contributed by atoms with Crippen LogP contribution in [0.15, 0.2) is 36.8 Å². The van der Waals surface area contributed by atoms with Crippen LogP contribution >= 0.6 is 0 Å². The van der Waals surface area contributed by atoms with E-state index in [1.165, 1.54) is 0 Å². The van der Waals surface area contributed by atoms with E-state index in [4.69, 9.17) is 14.2 Å².